The Labute approximate surface area is 192 Å². The highest BCUT2D eigenvalue weighted by molar-refractivity contribution is 5.95. The van der Waals surface area contributed by atoms with Crippen molar-refractivity contribution in [3.8, 4) is 22.9 Å². The predicted molar refractivity (Wildman–Crippen MR) is 126 cm³/mol. The van der Waals surface area contributed by atoms with E-state index in [0.717, 1.165) is 16.7 Å². The second kappa shape index (κ2) is 8.60. The van der Waals surface area contributed by atoms with Gasteiger partial charge in [0.15, 0.2) is 0 Å². The molecule has 160 valence electrons. The van der Waals surface area contributed by atoms with E-state index in [1.165, 1.54) is 0 Å². The van der Waals surface area contributed by atoms with E-state index in [1.807, 2.05) is 78.9 Å². The van der Waals surface area contributed by atoms with Crippen LogP contribution in [0.4, 0.5) is 0 Å². The molecule has 0 aliphatic carbocycles. The van der Waals surface area contributed by atoms with Gasteiger partial charge in [-0.3, -0.25) is 9.78 Å². The van der Waals surface area contributed by atoms with Crippen molar-refractivity contribution < 1.29 is 9.53 Å². The number of hydrogen-bond donors (Lipinski definition) is 1. The maximum Gasteiger partial charge on any atom is 0.252 e. The molecule has 5 rings (SSSR count). The molecule has 3 aromatic carbocycles. The molecule has 1 unspecified atom stereocenters. The van der Waals surface area contributed by atoms with Crippen molar-refractivity contribution in [2.24, 2.45) is 0 Å². The Morgan fingerprint density at radius 2 is 1.61 bits per heavy atom. The van der Waals surface area contributed by atoms with Crippen molar-refractivity contribution in [3.05, 3.63) is 120 Å². The molecule has 0 saturated heterocycles. The lowest BCUT2D eigenvalue weighted by molar-refractivity contribution is 0.0883. The van der Waals surface area contributed by atoms with Crippen LogP contribution in [0.1, 0.15) is 33.6 Å². The molecule has 1 aromatic heterocycles. The van der Waals surface area contributed by atoms with E-state index < -0.39 is 5.54 Å². The van der Waals surface area contributed by atoms with Crippen LogP contribution in [0.2, 0.25) is 0 Å². The first-order chi connectivity index (χ1) is 16.2. The first kappa shape index (κ1) is 20.5. The fraction of sp³-hybridized carbons (Fsp3) is 0.107. The van der Waals surface area contributed by atoms with Crippen molar-refractivity contribution in [1.29, 1.82) is 5.26 Å². The Morgan fingerprint density at radius 3 is 2.30 bits per heavy atom. The zero-order chi connectivity index (χ0) is 22.7. The lowest BCUT2D eigenvalue weighted by atomic mass is 9.80. The molecule has 0 fully saturated rings. The van der Waals surface area contributed by atoms with Gasteiger partial charge in [0.1, 0.15) is 17.0 Å². The number of benzene rings is 3. The summed E-state index contributed by atoms with van der Waals surface area (Å²) >= 11 is 0. The van der Waals surface area contributed by atoms with E-state index in [1.54, 1.807) is 18.3 Å². The van der Waals surface area contributed by atoms with E-state index in [0.29, 0.717) is 35.6 Å². The van der Waals surface area contributed by atoms with E-state index >= 15 is 0 Å². The van der Waals surface area contributed by atoms with Crippen molar-refractivity contribution in [1.82, 2.24) is 10.3 Å². The summed E-state index contributed by atoms with van der Waals surface area (Å²) in [5.74, 6) is 0.513. The topological polar surface area (TPSA) is 75.0 Å². The number of carbonyl (C=O) groups is 1. The van der Waals surface area contributed by atoms with Crippen LogP contribution < -0.4 is 10.1 Å². The average Bonchev–Trinajstić information content (AvgIpc) is 2.89. The van der Waals surface area contributed by atoms with Crippen LogP contribution >= 0.6 is 0 Å². The number of pyridine rings is 1. The number of nitrogens with zero attached hydrogens (tertiary/aromatic N) is 2. The number of fused-ring (bicyclic) bond motifs is 1. The van der Waals surface area contributed by atoms with Crippen LogP contribution in [-0.4, -0.2) is 17.5 Å². The smallest absolute Gasteiger partial charge is 0.252 e. The maximum atomic E-state index is 13.2. The number of amides is 1. The zero-order valence-corrected chi connectivity index (χ0v) is 17.9. The molecule has 2 heterocycles. The summed E-state index contributed by atoms with van der Waals surface area (Å²) in [6.07, 6.45) is 2.29. The largest absolute Gasteiger partial charge is 0.491 e. The van der Waals surface area contributed by atoms with E-state index in [2.05, 4.69) is 16.4 Å². The normalized spacial score (nSPS) is 16.7. The van der Waals surface area contributed by atoms with Crippen molar-refractivity contribution in [2.75, 3.05) is 6.61 Å². The third-order valence-electron chi connectivity index (χ3n) is 6.00. The maximum absolute atomic E-state index is 13.2. The molecule has 0 saturated carbocycles. The lowest BCUT2D eigenvalue weighted by Crippen LogP contribution is -2.50. The minimum absolute atomic E-state index is 0.162. The molecule has 33 heavy (non-hydrogen) atoms. The first-order valence-electron chi connectivity index (χ1n) is 10.8. The number of hydrogen-bond acceptors (Lipinski definition) is 4. The fourth-order valence-electron chi connectivity index (χ4n) is 4.27. The lowest BCUT2D eigenvalue weighted by Gasteiger charge is -2.39. The highest BCUT2D eigenvalue weighted by Crippen LogP contribution is 2.41. The Bertz CT molecular complexity index is 1330. The van der Waals surface area contributed by atoms with Crippen LogP contribution in [0, 0.1) is 11.3 Å². The molecule has 1 aliphatic heterocycles. The molecule has 1 atom stereocenters. The van der Waals surface area contributed by atoms with Gasteiger partial charge in [-0.1, -0.05) is 54.6 Å². The number of nitriles is 1. The highest BCUT2D eigenvalue weighted by atomic mass is 16.5. The zero-order valence-electron chi connectivity index (χ0n) is 17.9. The molecule has 0 spiro atoms. The van der Waals surface area contributed by atoms with Gasteiger partial charge in [0.25, 0.3) is 5.91 Å². The van der Waals surface area contributed by atoms with E-state index in [4.69, 9.17) is 10.00 Å². The quantitative estimate of drug-likeness (QED) is 0.489. The molecule has 5 heteroatoms. The number of ether oxygens (including phenoxy) is 1. The Balaban J connectivity index is 1.57. The van der Waals surface area contributed by atoms with Crippen LogP contribution in [0.3, 0.4) is 0 Å². The van der Waals surface area contributed by atoms with Gasteiger partial charge in [0.2, 0.25) is 0 Å². The van der Waals surface area contributed by atoms with Crippen LogP contribution in [0.5, 0.6) is 5.75 Å². The molecule has 1 N–H and O–H groups in total. The predicted octanol–water partition coefficient (Wildman–Crippen LogP) is 5.08. The molecule has 5 nitrogen and oxygen atoms in total. The third-order valence-corrected chi connectivity index (χ3v) is 6.00. The van der Waals surface area contributed by atoms with Gasteiger partial charge in [-0.05, 0) is 53.1 Å². The van der Waals surface area contributed by atoms with Crippen LogP contribution in [-0.2, 0) is 5.54 Å². The number of aromatic nitrogens is 1. The van der Waals surface area contributed by atoms with Gasteiger partial charge in [-0.25, -0.2) is 0 Å². The molecule has 1 aliphatic rings. The van der Waals surface area contributed by atoms with E-state index in [-0.39, 0.29) is 5.91 Å². The molecule has 0 bridgehead atoms. The highest BCUT2D eigenvalue weighted by Gasteiger charge is 2.42. The summed E-state index contributed by atoms with van der Waals surface area (Å²) in [7, 11) is 0. The average molecular weight is 431 g/mol. The number of nitrogens with one attached hydrogen (secondary N) is 1. The Kier molecular flexibility index (Phi) is 5.34. The first-order valence-corrected chi connectivity index (χ1v) is 10.8. The van der Waals surface area contributed by atoms with Crippen LogP contribution in [0.15, 0.2) is 97.2 Å². The summed E-state index contributed by atoms with van der Waals surface area (Å²) in [5.41, 5.74) is 4.09. The second-order valence-corrected chi connectivity index (χ2v) is 7.94. The molecule has 1 amide bonds. The molecular weight excluding hydrogens is 410 g/mol. The minimum atomic E-state index is -0.815. The molecule has 4 aromatic rings. The SMILES string of the molecule is N#Cc1ccc(-c2ccc(C3(NC(=O)c4ccccc4)CCOc4cccnc43)cc2)cc1. The monoisotopic (exact) mass is 431 g/mol. The summed E-state index contributed by atoms with van der Waals surface area (Å²) < 4.78 is 5.86. The van der Waals surface area contributed by atoms with Crippen molar-refractivity contribution in [3.63, 3.8) is 0 Å². The summed E-state index contributed by atoms with van der Waals surface area (Å²) in [6.45, 7) is 0.463. The molecule has 0 radical (unpaired) electrons. The van der Waals surface area contributed by atoms with Gasteiger partial charge in [-0.15, -0.1) is 0 Å². The fourth-order valence-corrected chi connectivity index (χ4v) is 4.27. The van der Waals surface area contributed by atoms with Gasteiger partial charge in [0, 0.05) is 18.2 Å². The Hall–Kier alpha value is -4.43. The van der Waals surface area contributed by atoms with Crippen molar-refractivity contribution in [2.45, 2.75) is 12.0 Å². The van der Waals surface area contributed by atoms with E-state index in [9.17, 15) is 4.79 Å². The summed E-state index contributed by atoms with van der Waals surface area (Å²) in [6, 6.07) is 30.7. The second-order valence-electron chi connectivity index (χ2n) is 7.94. The third kappa shape index (κ3) is 3.83. The Morgan fingerprint density at radius 1 is 0.909 bits per heavy atom. The van der Waals surface area contributed by atoms with Crippen molar-refractivity contribution >= 4 is 5.91 Å². The van der Waals surface area contributed by atoms with Gasteiger partial charge < -0.3 is 10.1 Å². The van der Waals surface area contributed by atoms with Gasteiger partial charge >= 0.3 is 0 Å². The number of carbonyl (C=O) groups excluding carboxylic acids is 1. The summed E-state index contributed by atoms with van der Waals surface area (Å²) in [5, 5.41) is 12.3. The standard InChI is InChI=1S/C28H21N3O2/c29-19-20-8-10-21(11-9-20)22-12-14-24(15-13-22)28(31-27(32)23-5-2-1-3-6-23)16-18-33-25-7-4-17-30-26(25)28/h1-15,17H,16,18H2,(H,31,32). The number of rotatable bonds is 4. The minimum Gasteiger partial charge on any atom is -0.491 e. The van der Waals surface area contributed by atoms with Crippen LogP contribution in [0.25, 0.3) is 11.1 Å². The molecular formula is C28H21N3O2. The van der Waals surface area contributed by atoms with Gasteiger partial charge in [-0.2, -0.15) is 5.26 Å². The summed E-state index contributed by atoms with van der Waals surface area (Å²) in [4.78, 5) is 17.9. The van der Waals surface area contributed by atoms with Gasteiger partial charge in [0.05, 0.1) is 18.2 Å².